The van der Waals surface area contributed by atoms with Gasteiger partial charge in [0.15, 0.2) is 0 Å². The highest BCUT2D eigenvalue weighted by Crippen LogP contribution is 2.15. The van der Waals surface area contributed by atoms with E-state index in [0.29, 0.717) is 26.2 Å². The molecule has 2 rings (SSSR count). The third-order valence-corrected chi connectivity index (χ3v) is 5.34. The second-order valence-corrected chi connectivity index (χ2v) is 7.03. The molecule has 6 nitrogen and oxygen atoms in total. The second kappa shape index (κ2) is 5.19. The first-order valence-electron chi connectivity index (χ1n) is 6.02. The normalized spacial score (nSPS) is 18.3. The summed E-state index contributed by atoms with van der Waals surface area (Å²) >= 11 is 0. The van der Waals surface area contributed by atoms with Gasteiger partial charge in [0.25, 0.3) is 0 Å². The molecule has 18 heavy (non-hydrogen) atoms. The fourth-order valence-electron chi connectivity index (χ4n) is 1.92. The monoisotopic (exact) mass is 270 g/mol. The Morgan fingerprint density at radius 3 is 2.33 bits per heavy atom. The molecular formula is C11H18N4O2S. The lowest BCUT2D eigenvalue weighted by molar-refractivity contribution is 0.380. The van der Waals surface area contributed by atoms with E-state index in [4.69, 9.17) is 0 Å². The predicted octanol–water partition coefficient (Wildman–Crippen LogP) is 0.337. The molecule has 0 saturated carbocycles. The number of aromatic nitrogens is 2. The number of piperazine rings is 1. The molecular weight excluding hydrogens is 252 g/mol. The van der Waals surface area contributed by atoms with Gasteiger partial charge < -0.3 is 4.90 Å². The van der Waals surface area contributed by atoms with Gasteiger partial charge in [0, 0.05) is 38.6 Å². The molecule has 1 aromatic rings. The molecule has 0 N–H and O–H groups in total. The van der Waals surface area contributed by atoms with Gasteiger partial charge >= 0.3 is 0 Å². The van der Waals surface area contributed by atoms with Crippen LogP contribution < -0.4 is 4.90 Å². The van der Waals surface area contributed by atoms with Crippen molar-refractivity contribution < 1.29 is 8.42 Å². The van der Waals surface area contributed by atoms with Crippen molar-refractivity contribution in [3.05, 3.63) is 18.6 Å². The minimum atomic E-state index is -3.13. The summed E-state index contributed by atoms with van der Waals surface area (Å²) in [6.07, 6.45) is 4.97. The van der Waals surface area contributed by atoms with Gasteiger partial charge in [0.1, 0.15) is 5.82 Å². The van der Waals surface area contributed by atoms with Crippen molar-refractivity contribution in [1.29, 1.82) is 0 Å². The van der Waals surface area contributed by atoms with Crippen LogP contribution in [0.1, 0.15) is 13.8 Å². The molecule has 0 unspecified atom stereocenters. The van der Waals surface area contributed by atoms with Crippen molar-refractivity contribution in [3.8, 4) is 0 Å². The third kappa shape index (κ3) is 2.62. The molecule has 0 aliphatic carbocycles. The van der Waals surface area contributed by atoms with E-state index in [2.05, 4.69) is 14.9 Å². The largest absolute Gasteiger partial charge is 0.353 e. The number of hydrogen-bond acceptors (Lipinski definition) is 5. The highest BCUT2D eigenvalue weighted by atomic mass is 32.2. The molecule has 0 atom stereocenters. The van der Waals surface area contributed by atoms with Crippen LogP contribution in [-0.4, -0.2) is 54.1 Å². The Kier molecular flexibility index (Phi) is 3.82. The van der Waals surface area contributed by atoms with E-state index in [1.807, 2.05) is 0 Å². The van der Waals surface area contributed by atoms with Crippen LogP contribution >= 0.6 is 0 Å². The van der Waals surface area contributed by atoms with Crippen LogP contribution in [0.15, 0.2) is 18.6 Å². The van der Waals surface area contributed by atoms with Gasteiger partial charge in [-0.15, -0.1) is 0 Å². The Hall–Kier alpha value is -1.21. The van der Waals surface area contributed by atoms with Gasteiger partial charge in [0.05, 0.1) is 11.4 Å². The summed E-state index contributed by atoms with van der Waals surface area (Å²) in [7, 11) is -3.13. The maximum atomic E-state index is 12.0. The van der Waals surface area contributed by atoms with Crippen molar-refractivity contribution >= 4 is 15.8 Å². The van der Waals surface area contributed by atoms with Crippen molar-refractivity contribution in [2.24, 2.45) is 0 Å². The van der Waals surface area contributed by atoms with Crippen LogP contribution in [0.5, 0.6) is 0 Å². The molecule has 0 amide bonds. The summed E-state index contributed by atoms with van der Waals surface area (Å²) in [6, 6.07) is 0. The highest BCUT2D eigenvalue weighted by Gasteiger charge is 2.29. The summed E-state index contributed by atoms with van der Waals surface area (Å²) in [5, 5.41) is -0.361. The molecule has 1 aliphatic heterocycles. The Labute approximate surface area is 108 Å². The average molecular weight is 270 g/mol. The van der Waals surface area contributed by atoms with Crippen LogP contribution in [0.4, 0.5) is 5.82 Å². The summed E-state index contributed by atoms with van der Waals surface area (Å²) in [5.41, 5.74) is 0. The fraction of sp³-hybridized carbons (Fsp3) is 0.636. The van der Waals surface area contributed by atoms with Crippen LogP contribution in [-0.2, 0) is 10.0 Å². The lowest BCUT2D eigenvalue weighted by Gasteiger charge is -2.35. The van der Waals surface area contributed by atoms with E-state index < -0.39 is 10.0 Å². The first-order chi connectivity index (χ1) is 8.51. The van der Waals surface area contributed by atoms with Gasteiger partial charge in [-0.2, -0.15) is 4.31 Å². The molecule has 1 aliphatic rings. The first kappa shape index (κ1) is 13.2. The van der Waals surface area contributed by atoms with Crippen LogP contribution in [0, 0.1) is 0 Å². The van der Waals surface area contributed by atoms with E-state index in [1.165, 1.54) is 0 Å². The van der Waals surface area contributed by atoms with Crippen molar-refractivity contribution in [2.45, 2.75) is 19.1 Å². The number of hydrogen-bond donors (Lipinski definition) is 0. The van der Waals surface area contributed by atoms with E-state index in [1.54, 1.807) is 36.7 Å². The molecule has 1 fully saturated rings. The molecule has 0 radical (unpaired) electrons. The molecule has 7 heteroatoms. The summed E-state index contributed by atoms with van der Waals surface area (Å²) in [4.78, 5) is 10.3. The molecule has 2 heterocycles. The zero-order valence-corrected chi connectivity index (χ0v) is 11.5. The third-order valence-electron chi connectivity index (χ3n) is 3.07. The van der Waals surface area contributed by atoms with Crippen LogP contribution in [0.3, 0.4) is 0 Å². The van der Waals surface area contributed by atoms with Crippen molar-refractivity contribution in [1.82, 2.24) is 14.3 Å². The van der Waals surface area contributed by atoms with Crippen LogP contribution in [0.2, 0.25) is 0 Å². The molecule has 100 valence electrons. The quantitative estimate of drug-likeness (QED) is 0.792. The fourth-order valence-corrected chi connectivity index (χ4v) is 3.19. The van der Waals surface area contributed by atoms with E-state index >= 15 is 0 Å². The standard InChI is InChI=1S/C11H18N4O2S/c1-10(2)18(16,17)15-7-5-14(6-8-15)11-9-12-3-4-13-11/h3-4,9-10H,5-8H2,1-2H3. The molecule has 0 bridgehead atoms. The number of anilines is 1. The Morgan fingerprint density at radius 2 is 1.83 bits per heavy atom. The second-order valence-electron chi connectivity index (χ2n) is 4.54. The van der Waals surface area contributed by atoms with Gasteiger partial charge in [-0.1, -0.05) is 0 Å². The maximum absolute atomic E-state index is 12.0. The van der Waals surface area contributed by atoms with Gasteiger partial charge in [-0.25, -0.2) is 13.4 Å². The Bertz CT molecular complexity index is 481. The highest BCUT2D eigenvalue weighted by molar-refractivity contribution is 7.89. The van der Waals surface area contributed by atoms with Gasteiger partial charge in [0.2, 0.25) is 10.0 Å². The summed E-state index contributed by atoms with van der Waals surface area (Å²) in [6.45, 7) is 5.76. The van der Waals surface area contributed by atoms with E-state index in [9.17, 15) is 8.42 Å². The number of rotatable bonds is 3. The molecule has 0 spiro atoms. The predicted molar refractivity (Wildman–Crippen MR) is 69.9 cm³/mol. The summed E-state index contributed by atoms with van der Waals surface area (Å²) in [5.74, 6) is 0.805. The topological polar surface area (TPSA) is 66.4 Å². The van der Waals surface area contributed by atoms with Gasteiger partial charge in [-0.05, 0) is 13.8 Å². The maximum Gasteiger partial charge on any atom is 0.216 e. The van der Waals surface area contributed by atoms with E-state index in [0.717, 1.165) is 5.82 Å². The average Bonchev–Trinajstić information content (AvgIpc) is 2.40. The number of nitrogens with zero attached hydrogens (tertiary/aromatic N) is 4. The lowest BCUT2D eigenvalue weighted by Crippen LogP contribution is -2.50. The Balaban J connectivity index is 2.01. The zero-order valence-electron chi connectivity index (χ0n) is 10.7. The van der Waals surface area contributed by atoms with Crippen LogP contribution in [0.25, 0.3) is 0 Å². The van der Waals surface area contributed by atoms with Crippen molar-refractivity contribution in [2.75, 3.05) is 31.1 Å². The molecule has 0 aromatic carbocycles. The zero-order chi connectivity index (χ0) is 13.2. The SMILES string of the molecule is CC(C)S(=O)(=O)N1CCN(c2cnccn2)CC1. The van der Waals surface area contributed by atoms with Gasteiger partial charge in [-0.3, -0.25) is 4.98 Å². The van der Waals surface area contributed by atoms with Crippen molar-refractivity contribution in [3.63, 3.8) is 0 Å². The molecule has 1 aromatic heterocycles. The Morgan fingerprint density at radius 1 is 1.17 bits per heavy atom. The lowest BCUT2D eigenvalue weighted by atomic mass is 10.3. The summed E-state index contributed by atoms with van der Waals surface area (Å²) < 4.78 is 25.6. The minimum Gasteiger partial charge on any atom is -0.353 e. The smallest absolute Gasteiger partial charge is 0.216 e. The first-order valence-corrected chi connectivity index (χ1v) is 7.52. The molecule has 1 saturated heterocycles. The minimum absolute atomic E-state index is 0.361. The van der Waals surface area contributed by atoms with E-state index in [-0.39, 0.29) is 5.25 Å². The number of sulfonamides is 1.